The number of rotatable bonds is 6. The highest BCUT2D eigenvalue weighted by Gasteiger charge is 2.12. The lowest BCUT2D eigenvalue weighted by molar-refractivity contribution is 0.163. The third kappa shape index (κ3) is 3.45. The molecule has 17 heavy (non-hydrogen) atoms. The average molecular weight is 235 g/mol. The summed E-state index contributed by atoms with van der Waals surface area (Å²) in [5, 5.41) is 12.9. The number of likely N-dealkylation sites (N-methyl/N-ethyl adjacent to an activating group) is 1. The molecule has 0 fully saturated rings. The molecule has 0 radical (unpaired) electrons. The van der Waals surface area contributed by atoms with E-state index in [0.29, 0.717) is 6.54 Å². The molecule has 0 saturated carbocycles. The monoisotopic (exact) mass is 235 g/mol. The molecule has 1 aromatic carbocycles. The maximum atomic E-state index is 9.75. The Balaban J connectivity index is 1.83. The van der Waals surface area contributed by atoms with Gasteiger partial charge in [-0.05, 0) is 36.6 Å². The fourth-order valence-corrected chi connectivity index (χ4v) is 2.14. The van der Waals surface area contributed by atoms with Gasteiger partial charge in [-0.25, -0.2) is 0 Å². The number of aliphatic hydroxyl groups excluding tert-OH is 1. The molecule has 2 N–H and O–H groups in total. The van der Waals surface area contributed by atoms with Crippen LogP contribution in [0.2, 0.25) is 0 Å². The van der Waals surface area contributed by atoms with Gasteiger partial charge in [0, 0.05) is 13.0 Å². The van der Waals surface area contributed by atoms with Crippen LogP contribution < -0.4 is 10.1 Å². The fraction of sp³-hybridized carbons (Fsp3) is 0.571. The number of ether oxygens (including phenoxy) is 1. The van der Waals surface area contributed by atoms with E-state index in [2.05, 4.69) is 17.4 Å². The van der Waals surface area contributed by atoms with E-state index in [0.717, 1.165) is 38.2 Å². The third-order valence-electron chi connectivity index (χ3n) is 3.15. The average Bonchev–Trinajstić information content (AvgIpc) is 2.81. The highest BCUT2D eigenvalue weighted by molar-refractivity contribution is 5.39. The van der Waals surface area contributed by atoms with E-state index in [9.17, 15) is 5.11 Å². The number of aryl methyl sites for hydroxylation is 1. The van der Waals surface area contributed by atoms with Crippen molar-refractivity contribution in [2.24, 2.45) is 0 Å². The first-order chi connectivity index (χ1) is 8.29. The summed E-state index contributed by atoms with van der Waals surface area (Å²) >= 11 is 0. The van der Waals surface area contributed by atoms with Crippen LogP contribution in [-0.2, 0) is 12.8 Å². The van der Waals surface area contributed by atoms with Gasteiger partial charge in [-0.3, -0.25) is 0 Å². The van der Waals surface area contributed by atoms with Gasteiger partial charge in [0.05, 0.1) is 12.7 Å². The highest BCUT2D eigenvalue weighted by atomic mass is 16.5. The summed E-state index contributed by atoms with van der Waals surface area (Å²) in [4.78, 5) is 0. The van der Waals surface area contributed by atoms with Crippen LogP contribution in [-0.4, -0.2) is 30.9 Å². The van der Waals surface area contributed by atoms with Crippen molar-refractivity contribution in [1.82, 2.24) is 5.32 Å². The van der Waals surface area contributed by atoms with Gasteiger partial charge in [-0.1, -0.05) is 19.1 Å². The Bertz CT molecular complexity index is 365. The molecule has 3 nitrogen and oxygen atoms in total. The largest absolute Gasteiger partial charge is 0.493 e. The van der Waals surface area contributed by atoms with E-state index in [1.165, 1.54) is 11.1 Å². The Hall–Kier alpha value is -1.06. The summed E-state index contributed by atoms with van der Waals surface area (Å²) in [7, 11) is 0. The normalized spacial score (nSPS) is 15.4. The molecule has 1 heterocycles. The third-order valence-corrected chi connectivity index (χ3v) is 3.15. The molecule has 0 aliphatic carbocycles. The van der Waals surface area contributed by atoms with E-state index in [1.54, 1.807) is 0 Å². The van der Waals surface area contributed by atoms with Crippen molar-refractivity contribution >= 4 is 0 Å². The van der Waals surface area contributed by atoms with E-state index in [-0.39, 0.29) is 6.10 Å². The predicted molar refractivity (Wildman–Crippen MR) is 68.5 cm³/mol. The summed E-state index contributed by atoms with van der Waals surface area (Å²) in [6.45, 7) is 4.45. The minimum absolute atomic E-state index is 0.251. The minimum Gasteiger partial charge on any atom is -0.493 e. The fourth-order valence-electron chi connectivity index (χ4n) is 2.14. The maximum absolute atomic E-state index is 9.75. The van der Waals surface area contributed by atoms with E-state index < -0.39 is 0 Å². The van der Waals surface area contributed by atoms with Crippen LogP contribution in [0.15, 0.2) is 18.2 Å². The second kappa shape index (κ2) is 6.03. The van der Waals surface area contributed by atoms with Gasteiger partial charge in [0.1, 0.15) is 5.75 Å². The lowest BCUT2D eigenvalue weighted by Crippen LogP contribution is -2.26. The van der Waals surface area contributed by atoms with Crippen molar-refractivity contribution in [2.45, 2.75) is 32.3 Å². The van der Waals surface area contributed by atoms with Gasteiger partial charge in [-0.15, -0.1) is 0 Å². The molecule has 1 aromatic rings. The minimum atomic E-state index is -0.251. The molecule has 0 spiro atoms. The number of hydrogen-bond donors (Lipinski definition) is 2. The number of fused-ring (bicyclic) bond motifs is 1. The second-order valence-electron chi connectivity index (χ2n) is 4.54. The van der Waals surface area contributed by atoms with Crippen molar-refractivity contribution in [3.05, 3.63) is 29.3 Å². The Labute approximate surface area is 103 Å². The molecule has 1 aliphatic rings. The SMILES string of the molecule is CCNCC(O)CCc1ccc2c(c1)CCO2. The topological polar surface area (TPSA) is 41.5 Å². The van der Waals surface area contributed by atoms with Crippen molar-refractivity contribution < 1.29 is 9.84 Å². The smallest absolute Gasteiger partial charge is 0.122 e. The van der Waals surface area contributed by atoms with Gasteiger partial charge >= 0.3 is 0 Å². The highest BCUT2D eigenvalue weighted by Crippen LogP contribution is 2.26. The summed E-state index contributed by atoms with van der Waals surface area (Å²) in [5.74, 6) is 1.03. The van der Waals surface area contributed by atoms with Crippen LogP contribution in [0, 0.1) is 0 Å². The number of nitrogens with one attached hydrogen (secondary N) is 1. The summed E-state index contributed by atoms with van der Waals surface area (Å²) in [6, 6.07) is 6.36. The molecule has 94 valence electrons. The summed E-state index contributed by atoms with van der Waals surface area (Å²) < 4.78 is 5.47. The molecular weight excluding hydrogens is 214 g/mol. The first kappa shape index (κ1) is 12.4. The van der Waals surface area contributed by atoms with Crippen LogP contribution in [0.3, 0.4) is 0 Å². The Morgan fingerprint density at radius 3 is 3.18 bits per heavy atom. The first-order valence-electron chi connectivity index (χ1n) is 6.43. The van der Waals surface area contributed by atoms with Gasteiger partial charge in [0.15, 0.2) is 0 Å². The van der Waals surface area contributed by atoms with Crippen LogP contribution in [0.5, 0.6) is 5.75 Å². The summed E-state index contributed by atoms with van der Waals surface area (Å²) in [6.07, 6.45) is 2.51. The van der Waals surface area contributed by atoms with Gasteiger partial charge < -0.3 is 15.2 Å². The number of benzene rings is 1. The summed E-state index contributed by atoms with van der Waals surface area (Å²) in [5.41, 5.74) is 2.61. The maximum Gasteiger partial charge on any atom is 0.122 e. The van der Waals surface area contributed by atoms with Gasteiger partial charge in [-0.2, -0.15) is 0 Å². The molecule has 0 aromatic heterocycles. The zero-order valence-corrected chi connectivity index (χ0v) is 10.4. The standard InChI is InChI=1S/C14H21NO2/c1-2-15-10-13(16)5-3-11-4-6-14-12(9-11)7-8-17-14/h4,6,9,13,15-16H,2-3,5,7-8,10H2,1H3. The molecule has 0 amide bonds. The second-order valence-corrected chi connectivity index (χ2v) is 4.54. The Kier molecular flexibility index (Phi) is 4.40. The van der Waals surface area contributed by atoms with Crippen molar-refractivity contribution in [3.8, 4) is 5.75 Å². The van der Waals surface area contributed by atoms with Gasteiger partial charge in [0.2, 0.25) is 0 Å². The molecule has 0 saturated heterocycles. The van der Waals surface area contributed by atoms with Crippen molar-refractivity contribution in [3.63, 3.8) is 0 Å². The molecular formula is C14H21NO2. The van der Waals surface area contributed by atoms with Crippen LogP contribution in [0.1, 0.15) is 24.5 Å². The van der Waals surface area contributed by atoms with Crippen molar-refractivity contribution in [2.75, 3.05) is 19.7 Å². The Morgan fingerprint density at radius 2 is 2.35 bits per heavy atom. The number of aliphatic hydroxyl groups is 1. The lowest BCUT2D eigenvalue weighted by atomic mass is 10.0. The quantitative estimate of drug-likeness (QED) is 0.785. The van der Waals surface area contributed by atoms with Crippen LogP contribution in [0.25, 0.3) is 0 Å². The molecule has 0 bridgehead atoms. The molecule has 1 atom stereocenters. The van der Waals surface area contributed by atoms with Crippen LogP contribution in [0.4, 0.5) is 0 Å². The zero-order valence-electron chi connectivity index (χ0n) is 10.4. The van der Waals surface area contributed by atoms with Crippen molar-refractivity contribution in [1.29, 1.82) is 0 Å². The number of hydrogen-bond acceptors (Lipinski definition) is 3. The molecule has 2 rings (SSSR count). The Morgan fingerprint density at radius 1 is 1.47 bits per heavy atom. The molecule has 3 heteroatoms. The van der Waals surface area contributed by atoms with E-state index >= 15 is 0 Å². The van der Waals surface area contributed by atoms with E-state index in [4.69, 9.17) is 4.74 Å². The molecule has 1 unspecified atom stereocenters. The van der Waals surface area contributed by atoms with Crippen LogP contribution >= 0.6 is 0 Å². The lowest BCUT2D eigenvalue weighted by Gasteiger charge is -2.11. The van der Waals surface area contributed by atoms with E-state index in [1.807, 2.05) is 13.0 Å². The predicted octanol–water partition coefficient (Wildman–Crippen LogP) is 1.52. The first-order valence-corrected chi connectivity index (χ1v) is 6.43. The van der Waals surface area contributed by atoms with Gasteiger partial charge in [0.25, 0.3) is 0 Å². The zero-order chi connectivity index (χ0) is 12.1. The molecule has 1 aliphatic heterocycles.